The van der Waals surface area contributed by atoms with Gasteiger partial charge in [-0.2, -0.15) is 0 Å². The van der Waals surface area contributed by atoms with Gasteiger partial charge in [-0.15, -0.1) is 0 Å². The van der Waals surface area contributed by atoms with Crippen molar-refractivity contribution in [2.75, 3.05) is 32.8 Å². The summed E-state index contributed by atoms with van der Waals surface area (Å²) in [5.41, 5.74) is 0.961. The molecule has 0 bridgehead atoms. The predicted molar refractivity (Wildman–Crippen MR) is 89.0 cm³/mol. The van der Waals surface area contributed by atoms with Crippen molar-refractivity contribution < 1.29 is 14.3 Å². The first kappa shape index (κ1) is 16.1. The van der Waals surface area contributed by atoms with E-state index in [4.69, 9.17) is 9.47 Å². The largest absolute Gasteiger partial charge is 0.486 e. The summed E-state index contributed by atoms with van der Waals surface area (Å²) < 4.78 is 11.1. The van der Waals surface area contributed by atoms with Crippen LogP contribution in [0, 0.1) is 0 Å². The monoisotopic (exact) mass is 318 g/mol. The van der Waals surface area contributed by atoms with Crippen molar-refractivity contribution in [1.29, 1.82) is 0 Å². The fraction of sp³-hybridized carbons (Fsp3) is 0.611. The molecule has 1 atom stereocenters. The van der Waals surface area contributed by atoms with Crippen LogP contribution in [0.15, 0.2) is 18.2 Å². The third-order valence-corrected chi connectivity index (χ3v) is 4.51. The van der Waals surface area contributed by atoms with Gasteiger partial charge in [-0.25, -0.2) is 0 Å². The van der Waals surface area contributed by atoms with Crippen molar-refractivity contribution in [2.24, 2.45) is 0 Å². The predicted octanol–water partition coefficient (Wildman–Crippen LogP) is 1.99. The quantitative estimate of drug-likeness (QED) is 0.871. The summed E-state index contributed by atoms with van der Waals surface area (Å²) in [6.45, 7) is 6.56. The van der Waals surface area contributed by atoms with Gasteiger partial charge in [0.25, 0.3) is 0 Å². The van der Waals surface area contributed by atoms with E-state index in [-0.39, 0.29) is 11.9 Å². The molecular weight excluding hydrogens is 292 g/mol. The zero-order valence-electron chi connectivity index (χ0n) is 13.8. The van der Waals surface area contributed by atoms with E-state index >= 15 is 0 Å². The van der Waals surface area contributed by atoms with Gasteiger partial charge in [-0.3, -0.25) is 4.79 Å². The maximum absolute atomic E-state index is 12.3. The van der Waals surface area contributed by atoms with Crippen molar-refractivity contribution in [1.82, 2.24) is 10.2 Å². The van der Waals surface area contributed by atoms with Crippen molar-refractivity contribution in [3.8, 4) is 11.5 Å². The number of nitrogens with zero attached hydrogens (tertiary/aromatic N) is 1. The zero-order valence-corrected chi connectivity index (χ0v) is 13.8. The van der Waals surface area contributed by atoms with Crippen molar-refractivity contribution in [3.05, 3.63) is 23.8 Å². The molecule has 1 saturated heterocycles. The number of hydrogen-bond acceptors (Lipinski definition) is 4. The molecule has 1 N–H and O–H groups in total. The fourth-order valence-electron chi connectivity index (χ4n) is 3.22. The fourth-order valence-corrected chi connectivity index (χ4v) is 3.22. The third-order valence-electron chi connectivity index (χ3n) is 4.51. The number of ether oxygens (including phenoxy) is 2. The first-order valence-electron chi connectivity index (χ1n) is 8.65. The molecule has 1 amide bonds. The van der Waals surface area contributed by atoms with Crippen LogP contribution in [0.5, 0.6) is 11.5 Å². The van der Waals surface area contributed by atoms with Crippen molar-refractivity contribution in [3.63, 3.8) is 0 Å². The molecule has 5 nitrogen and oxygen atoms in total. The highest BCUT2D eigenvalue weighted by atomic mass is 16.6. The molecule has 0 aliphatic carbocycles. The number of nitrogens with one attached hydrogen (secondary N) is 1. The van der Waals surface area contributed by atoms with Crippen LogP contribution in [0.2, 0.25) is 0 Å². The summed E-state index contributed by atoms with van der Waals surface area (Å²) >= 11 is 0. The molecule has 1 unspecified atom stereocenters. The molecule has 2 aliphatic rings. The van der Waals surface area contributed by atoms with Crippen molar-refractivity contribution >= 4 is 5.91 Å². The highest BCUT2D eigenvalue weighted by Crippen LogP contribution is 2.30. The molecule has 0 saturated carbocycles. The van der Waals surface area contributed by atoms with E-state index in [9.17, 15) is 4.79 Å². The Bertz CT molecular complexity index is 541. The molecular formula is C18H26N2O3. The lowest BCUT2D eigenvalue weighted by molar-refractivity contribution is -0.121. The lowest BCUT2D eigenvalue weighted by Crippen LogP contribution is -2.43. The first-order chi connectivity index (χ1) is 11.2. The maximum Gasteiger partial charge on any atom is 0.224 e. The van der Waals surface area contributed by atoms with E-state index in [0.29, 0.717) is 19.6 Å². The van der Waals surface area contributed by atoms with Gasteiger partial charge in [0.15, 0.2) is 11.5 Å². The van der Waals surface area contributed by atoms with Crippen LogP contribution in [0.3, 0.4) is 0 Å². The summed E-state index contributed by atoms with van der Waals surface area (Å²) in [4.78, 5) is 14.8. The Morgan fingerprint density at radius 2 is 1.96 bits per heavy atom. The standard InChI is InChI=1S/C18H26N2O3/c1-2-15(13-20-7-3-4-8-20)19-18(21)12-14-5-6-16-17(11-14)23-10-9-22-16/h5-6,11,15H,2-4,7-10,12-13H2,1H3,(H,19,21). The molecule has 1 aromatic rings. The van der Waals surface area contributed by atoms with E-state index in [1.807, 2.05) is 18.2 Å². The molecule has 0 spiro atoms. The molecule has 1 aromatic carbocycles. The zero-order chi connectivity index (χ0) is 16.1. The van der Waals surface area contributed by atoms with E-state index in [1.165, 1.54) is 12.8 Å². The molecule has 126 valence electrons. The number of amides is 1. The highest BCUT2D eigenvalue weighted by Gasteiger charge is 2.18. The van der Waals surface area contributed by atoms with Crippen LogP contribution in [0.25, 0.3) is 0 Å². The summed E-state index contributed by atoms with van der Waals surface area (Å²) in [7, 11) is 0. The summed E-state index contributed by atoms with van der Waals surface area (Å²) in [6, 6.07) is 5.97. The minimum atomic E-state index is 0.0766. The number of hydrogen-bond donors (Lipinski definition) is 1. The summed E-state index contributed by atoms with van der Waals surface area (Å²) in [5, 5.41) is 3.17. The van der Waals surface area contributed by atoms with Gasteiger partial charge < -0.3 is 19.7 Å². The molecule has 2 aliphatic heterocycles. The lowest BCUT2D eigenvalue weighted by atomic mass is 10.1. The van der Waals surface area contributed by atoms with Gasteiger partial charge >= 0.3 is 0 Å². The lowest BCUT2D eigenvalue weighted by Gasteiger charge is -2.23. The second-order valence-electron chi connectivity index (χ2n) is 6.34. The summed E-state index contributed by atoms with van der Waals surface area (Å²) in [6.07, 6.45) is 3.90. The second kappa shape index (κ2) is 7.68. The van der Waals surface area contributed by atoms with Crippen LogP contribution in [-0.2, 0) is 11.2 Å². The highest BCUT2D eigenvalue weighted by molar-refractivity contribution is 5.79. The number of carbonyl (C=O) groups excluding carboxylic acids is 1. The van der Waals surface area contributed by atoms with Gasteiger partial charge in [0.05, 0.1) is 6.42 Å². The molecule has 0 aromatic heterocycles. The van der Waals surface area contributed by atoms with Gasteiger partial charge in [0.1, 0.15) is 13.2 Å². The Morgan fingerprint density at radius 3 is 2.70 bits per heavy atom. The average Bonchev–Trinajstić information content (AvgIpc) is 3.07. The molecule has 1 fully saturated rings. The molecule has 23 heavy (non-hydrogen) atoms. The number of fused-ring (bicyclic) bond motifs is 1. The molecule has 3 rings (SSSR count). The number of benzene rings is 1. The number of carbonyl (C=O) groups is 1. The van der Waals surface area contributed by atoms with Gasteiger partial charge in [0, 0.05) is 12.6 Å². The van der Waals surface area contributed by atoms with E-state index in [1.54, 1.807) is 0 Å². The molecule has 2 heterocycles. The molecule has 0 radical (unpaired) electrons. The molecule has 5 heteroatoms. The van der Waals surface area contributed by atoms with E-state index in [2.05, 4.69) is 17.1 Å². The van der Waals surface area contributed by atoms with Gasteiger partial charge in [-0.05, 0) is 50.0 Å². The van der Waals surface area contributed by atoms with Crippen LogP contribution < -0.4 is 14.8 Å². The van der Waals surface area contributed by atoms with Crippen LogP contribution in [-0.4, -0.2) is 49.7 Å². The Kier molecular flexibility index (Phi) is 5.39. The minimum absolute atomic E-state index is 0.0766. The van der Waals surface area contributed by atoms with E-state index in [0.717, 1.165) is 43.1 Å². The topological polar surface area (TPSA) is 50.8 Å². The van der Waals surface area contributed by atoms with Crippen LogP contribution >= 0.6 is 0 Å². The van der Waals surface area contributed by atoms with Crippen LogP contribution in [0.4, 0.5) is 0 Å². The third kappa shape index (κ3) is 4.38. The maximum atomic E-state index is 12.3. The SMILES string of the molecule is CCC(CN1CCCC1)NC(=O)Cc1ccc2c(c1)OCCO2. The Balaban J connectivity index is 1.53. The average molecular weight is 318 g/mol. The van der Waals surface area contributed by atoms with Crippen LogP contribution in [0.1, 0.15) is 31.7 Å². The minimum Gasteiger partial charge on any atom is -0.486 e. The van der Waals surface area contributed by atoms with E-state index < -0.39 is 0 Å². The Morgan fingerprint density at radius 1 is 1.22 bits per heavy atom. The first-order valence-corrected chi connectivity index (χ1v) is 8.65. The number of likely N-dealkylation sites (tertiary alicyclic amines) is 1. The van der Waals surface area contributed by atoms with Gasteiger partial charge in [0.2, 0.25) is 5.91 Å². The van der Waals surface area contributed by atoms with Crippen molar-refractivity contribution in [2.45, 2.75) is 38.6 Å². The number of rotatable bonds is 6. The summed E-state index contributed by atoms with van der Waals surface area (Å²) in [5.74, 6) is 1.58. The smallest absolute Gasteiger partial charge is 0.224 e. The normalized spacial score (nSPS) is 18.7. The van der Waals surface area contributed by atoms with Gasteiger partial charge in [-0.1, -0.05) is 13.0 Å². The second-order valence-corrected chi connectivity index (χ2v) is 6.34. The Labute approximate surface area is 137 Å². The Hall–Kier alpha value is -1.75.